The molecular weight excluding hydrogens is 276 g/mol. The lowest BCUT2D eigenvalue weighted by Gasteiger charge is -2.21. The Morgan fingerprint density at radius 2 is 1.95 bits per heavy atom. The number of nitrogens with one attached hydrogen (secondary N) is 1. The highest BCUT2D eigenvalue weighted by molar-refractivity contribution is 5.82. The van der Waals surface area contributed by atoms with Crippen LogP contribution in [0.4, 0.5) is 0 Å². The van der Waals surface area contributed by atoms with E-state index in [2.05, 4.69) is 43.4 Å². The average molecular weight is 304 g/mol. The van der Waals surface area contributed by atoms with Gasteiger partial charge in [0.15, 0.2) is 0 Å². The molecule has 1 amide bonds. The van der Waals surface area contributed by atoms with E-state index < -0.39 is 6.04 Å². The largest absolute Gasteiger partial charge is 0.383 e. The summed E-state index contributed by atoms with van der Waals surface area (Å²) in [5, 5.41) is 3.10. The van der Waals surface area contributed by atoms with Crippen LogP contribution in [0.5, 0.6) is 0 Å². The highest BCUT2D eigenvalue weighted by atomic mass is 16.5. The molecule has 4 nitrogen and oxygen atoms in total. The fourth-order valence-electron chi connectivity index (χ4n) is 2.75. The summed E-state index contributed by atoms with van der Waals surface area (Å²) in [5.74, 6) is 1.05. The number of amides is 1. The Morgan fingerprint density at radius 3 is 2.45 bits per heavy atom. The van der Waals surface area contributed by atoms with Gasteiger partial charge in [-0.3, -0.25) is 4.79 Å². The van der Waals surface area contributed by atoms with Crippen molar-refractivity contribution < 1.29 is 9.53 Å². The quantitative estimate of drug-likeness (QED) is 0.775. The minimum Gasteiger partial charge on any atom is -0.383 e. The van der Waals surface area contributed by atoms with Gasteiger partial charge in [-0.25, -0.2) is 0 Å². The van der Waals surface area contributed by atoms with Crippen LogP contribution in [0, 0.1) is 11.8 Å². The second-order valence-corrected chi connectivity index (χ2v) is 6.73. The number of carbonyl (C=O) groups is 1. The van der Waals surface area contributed by atoms with Gasteiger partial charge in [0.25, 0.3) is 0 Å². The van der Waals surface area contributed by atoms with E-state index >= 15 is 0 Å². The van der Waals surface area contributed by atoms with Crippen molar-refractivity contribution in [1.82, 2.24) is 5.32 Å². The summed E-state index contributed by atoms with van der Waals surface area (Å²) in [6, 6.07) is 8.10. The molecule has 0 aliphatic heterocycles. The molecular formula is C18H28N2O2. The Labute approximate surface area is 133 Å². The Hall–Kier alpha value is -1.39. The van der Waals surface area contributed by atoms with Gasteiger partial charge in [0.2, 0.25) is 5.91 Å². The minimum atomic E-state index is -0.605. The van der Waals surface area contributed by atoms with Gasteiger partial charge in [-0.1, -0.05) is 38.1 Å². The maximum atomic E-state index is 12.1. The Morgan fingerprint density at radius 1 is 1.32 bits per heavy atom. The van der Waals surface area contributed by atoms with Crippen LogP contribution in [0.1, 0.15) is 43.9 Å². The second-order valence-electron chi connectivity index (χ2n) is 6.73. The van der Waals surface area contributed by atoms with Gasteiger partial charge in [0, 0.05) is 7.11 Å². The lowest BCUT2D eigenvalue weighted by atomic mass is 9.97. The summed E-state index contributed by atoms with van der Waals surface area (Å²) in [5.41, 5.74) is 8.33. The van der Waals surface area contributed by atoms with Crippen LogP contribution < -0.4 is 11.1 Å². The number of ether oxygens (including phenoxy) is 1. The summed E-state index contributed by atoms with van der Waals surface area (Å²) in [7, 11) is 1.55. The van der Waals surface area contributed by atoms with E-state index in [0.717, 1.165) is 19.3 Å². The van der Waals surface area contributed by atoms with Crippen LogP contribution in [0.15, 0.2) is 24.3 Å². The van der Waals surface area contributed by atoms with Crippen LogP contribution in [-0.4, -0.2) is 25.7 Å². The first-order valence-electron chi connectivity index (χ1n) is 8.15. The molecule has 2 rings (SSSR count). The number of carbonyl (C=O) groups excluding carboxylic acids is 1. The number of nitrogens with two attached hydrogens (primary N) is 1. The topological polar surface area (TPSA) is 64.3 Å². The third-order valence-corrected chi connectivity index (χ3v) is 4.06. The summed E-state index contributed by atoms with van der Waals surface area (Å²) in [6.45, 7) is 4.69. The van der Waals surface area contributed by atoms with E-state index in [9.17, 15) is 4.79 Å². The monoisotopic (exact) mass is 304 g/mol. The van der Waals surface area contributed by atoms with Crippen LogP contribution in [0.25, 0.3) is 0 Å². The first-order chi connectivity index (χ1) is 10.5. The fourth-order valence-corrected chi connectivity index (χ4v) is 2.75. The number of benzene rings is 1. The molecule has 22 heavy (non-hydrogen) atoms. The van der Waals surface area contributed by atoms with Crippen molar-refractivity contribution in [2.75, 3.05) is 13.7 Å². The van der Waals surface area contributed by atoms with E-state index in [1.807, 2.05) is 0 Å². The zero-order valence-electron chi connectivity index (χ0n) is 13.8. The molecule has 1 aliphatic carbocycles. The predicted octanol–water partition coefficient (Wildman–Crippen LogP) is 2.43. The number of hydrogen-bond acceptors (Lipinski definition) is 3. The number of hydrogen-bond donors (Lipinski definition) is 2. The van der Waals surface area contributed by atoms with Gasteiger partial charge in [-0.05, 0) is 42.2 Å². The van der Waals surface area contributed by atoms with Crippen LogP contribution in [0.3, 0.4) is 0 Å². The van der Waals surface area contributed by atoms with Gasteiger partial charge >= 0.3 is 0 Å². The smallest absolute Gasteiger partial charge is 0.239 e. The van der Waals surface area contributed by atoms with Crippen LogP contribution in [0.2, 0.25) is 0 Å². The van der Waals surface area contributed by atoms with Crippen molar-refractivity contribution >= 4 is 5.91 Å². The summed E-state index contributed by atoms with van der Waals surface area (Å²) >= 11 is 0. The minimum absolute atomic E-state index is 0.0727. The molecule has 1 aromatic carbocycles. The van der Waals surface area contributed by atoms with E-state index in [1.165, 1.54) is 11.1 Å². The molecule has 4 heteroatoms. The Bertz CT molecular complexity index is 480. The highest BCUT2D eigenvalue weighted by Crippen LogP contribution is 2.41. The van der Waals surface area contributed by atoms with E-state index in [1.54, 1.807) is 7.11 Å². The van der Waals surface area contributed by atoms with Gasteiger partial charge in [0.05, 0.1) is 12.6 Å². The first-order valence-corrected chi connectivity index (χ1v) is 8.15. The lowest BCUT2D eigenvalue weighted by molar-refractivity contribution is -0.124. The van der Waals surface area contributed by atoms with Gasteiger partial charge < -0.3 is 15.8 Å². The zero-order valence-corrected chi connectivity index (χ0v) is 13.8. The predicted molar refractivity (Wildman–Crippen MR) is 88.4 cm³/mol. The second kappa shape index (κ2) is 7.75. The SMILES string of the molecule is COCC(N)C(=O)NC(c1ccc(CC(C)C)cc1)C1CC1. The van der Waals surface area contributed by atoms with Crippen molar-refractivity contribution in [2.45, 2.75) is 45.2 Å². The lowest BCUT2D eigenvalue weighted by Crippen LogP contribution is -2.45. The average Bonchev–Trinajstić information content (AvgIpc) is 3.29. The first kappa shape index (κ1) is 17.0. The zero-order chi connectivity index (χ0) is 16.1. The van der Waals surface area contributed by atoms with Crippen molar-refractivity contribution in [1.29, 1.82) is 0 Å². The van der Waals surface area contributed by atoms with Gasteiger partial charge in [-0.2, -0.15) is 0 Å². The third-order valence-electron chi connectivity index (χ3n) is 4.06. The van der Waals surface area contributed by atoms with E-state index in [4.69, 9.17) is 10.5 Å². The fraction of sp³-hybridized carbons (Fsp3) is 0.611. The molecule has 0 spiro atoms. The molecule has 0 bridgehead atoms. The molecule has 1 fully saturated rings. The summed E-state index contributed by atoms with van der Waals surface area (Å²) < 4.78 is 4.95. The number of methoxy groups -OCH3 is 1. The molecule has 1 aliphatic rings. The standard InChI is InChI=1S/C18H28N2O2/c1-12(2)10-13-4-6-14(7-5-13)17(15-8-9-15)20-18(21)16(19)11-22-3/h4-7,12,15-17H,8-11,19H2,1-3H3,(H,20,21). The highest BCUT2D eigenvalue weighted by Gasteiger charge is 2.34. The molecule has 2 atom stereocenters. The Balaban J connectivity index is 2.03. The molecule has 1 saturated carbocycles. The van der Waals surface area contributed by atoms with Crippen molar-refractivity contribution in [3.05, 3.63) is 35.4 Å². The molecule has 0 aromatic heterocycles. The molecule has 0 saturated heterocycles. The summed E-state index contributed by atoms with van der Waals surface area (Å²) in [4.78, 5) is 12.1. The molecule has 0 radical (unpaired) electrons. The summed E-state index contributed by atoms with van der Waals surface area (Å²) in [6.07, 6.45) is 3.41. The van der Waals surface area contributed by atoms with Crippen molar-refractivity contribution in [2.24, 2.45) is 17.6 Å². The maximum Gasteiger partial charge on any atom is 0.239 e. The van der Waals surface area contributed by atoms with Crippen molar-refractivity contribution in [3.8, 4) is 0 Å². The van der Waals surface area contributed by atoms with Gasteiger partial charge in [-0.15, -0.1) is 0 Å². The molecule has 0 heterocycles. The normalized spacial score (nSPS) is 17.3. The molecule has 2 unspecified atom stereocenters. The van der Waals surface area contributed by atoms with Crippen molar-refractivity contribution in [3.63, 3.8) is 0 Å². The molecule has 3 N–H and O–H groups in total. The number of rotatable bonds is 8. The van der Waals surface area contributed by atoms with Crippen LogP contribution in [-0.2, 0) is 16.0 Å². The van der Waals surface area contributed by atoms with Crippen LogP contribution >= 0.6 is 0 Å². The van der Waals surface area contributed by atoms with E-state index in [0.29, 0.717) is 11.8 Å². The maximum absolute atomic E-state index is 12.1. The molecule has 1 aromatic rings. The molecule has 122 valence electrons. The third kappa shape index (κ3) is 4.82. The van der Waals surface area contributed by atoms with E-state index in [-0.39, 0.29) is 18.6 Å². The Kier molecular flexibility index (Phi) is 5.98. The van der Waals surface area contributed by atoms with Gasteiger partial charge in [0.1, 0.15) is 6.04 Å².